The van der Waals surface area contributed by atoms with Gasteiger partial charge < -0.3 is 4.57 Å². The van der Waals surface area contributed by atoms with Crippen molar-refractivity contribution < 1.29 is 4.79 Å². The Balaban J connectivity index is 1.53. The number of nitrogens with one attached hydrogen (secondary N) is 1. The number of anilines is 1. The number of aryl methyl sites for hydroxylation is 1. The quantitative estimate of drug-likeness (QED) is 0.567. The molecular formula is C21H21N5O. The Morgan fingerprint density at radius 1 is 1.07 bits per heavy atom. The Morgan fingerprint density at radius 2 is 1.89 bits per heavy atom. The first-order chi connectivity index (χ1) is 13.2. The summed E-state index contributed by atoms with van der Waals surface area (Å²) in [6.07, 6.45) is 4.63. The van der Waals surface area contributed by atoms with Crippen molar-refractivity contribution in [3.05, 3.63) is 78.1 Å². The van der Waals surface area contributed by atoms with Gasteiger partial charge in [0.05, 0.1) is 17.6 Å². The molecule has 0 aliphatic rings. The molecule has 0 saturated carbocycles. The van der Waals surface area contributed by atoms with E-state index in [4.69, 9.17) is 0 Å². The molecule has 2 aromatic heterocycles. The second kappa shape index (κ2) is 7.45. The first-order valence-corrected chi connectivity index (χ1v) is 9.07. The summed E-state index contributed by atoms with van der Waals surface area (Å²) >= 11 is 0. The molecule has 136 valence electrons. The Kier molecular flexibility index (Phi) is 4.70. The normalized spacial score (nSPS) is 11.0. The smallest absolute Gasteiger partial charge is 0.257 e. The van der Waals surface area contributed by atoms with Gasteiger partial charge in [-0.2, -0.15) is 5.10 Å². The van der Waals surface area contributed by atoms with Crippen molar-refractivity contribution in [3.8, 4) is 0 Å². The van der Waals surface area contributed by atoms with Crippen molar-refractivity contribution in [3.63, 3.8) is 0 Å². The molecule has 27 heavy (non-hydrogen) atoms. The maximum Gasteiger partial charge on any atom is 0.257 e. The lowest BCUT2D eigenvalue weighted by Gasteiger charge is -2.09. The molecule has 1 N–H and O–H groups in total. The van der Waals surface area contributed by atoms with E-state index in [9.17, 15) is 4.79 Å². The minimum absolute atomic E-state index is 0.159. The maximum atomic E-state index is 12.7. The third-order valence-corrected chi connectivity index (χ3v) is 4.45. The molecule has 0 unspecified atom stereocenters. The molecule has 0 aliphatic carbocycles. The molecule has 0 radical (unpaired) electrons. The largest absolute Gasteiger partial charge is 0.310 e. The fraction of sp³-hybridized carbons (Fsp3) is 0.190. The number of carbonyl (C=O) groups is 1. The van der Waals surface area contributed by atoms with Crippen molar-refractivity contribution >= 4 is 22.9 Å². The Bertz CT molecular complexity index is 1050. The number of carbonyl (C=O) groups excluding carboxylic acids is 1. The number of rotatable bonds is 6. The van der Waals surface area contributed by atoms with Crippen LogP contribution >= 0.6 is 0 Å². The van der Waals surface area contributed by atoms with Crippen LogP contribution in [0.1, 0.15) is 29.3 Å². The zero-order chi connectivity index (χ0) is 18.6. The van der Waals surface area contributed by atoms with E-state index in [0.717, 1.165) is 29.6 Å². The predicted molar refractivity (Wildman–Crippen MR) is 106 cm³/mol. The third kappa shape index (κ3) is 3.60. The van der Waals surface area contributed by atoms with Crippen molar-refractivity contribution in [2.75, 3.05) is 5.32 Å². The monoisotopic (exact) mass is 359 g/mol. The van der Waals surface area contributed by atoms with Crippen LogP contribution in [-0.2, 0) is 13.1 Å². The molecule has 0 spiro atoms. The summed E-state index contributed by atoms with van der Waals surface area (Å²) in [5.41, 5.74) is 3.61. The highest BCUT2D eigenvalue weighted by Crippen LogP contribution is 2.20. The lowest BCUT2D eigenvalue weighted by Crippen LogP contribution is -2.16. The Labute approximate surface area is 157 Å². The van der Waals surface area contributed by atoms with Crippen LogP contribution in [0.4, 0.5) is 5.95 Å². The van der Waals surface area contributed by atoms with E-state index in [1.807, 2.05) is 65.5 Å². The van der Waals surface area contributed by atoms with Gasteiger partial charge in [-0.25, -0.2) is 4.98 Å². The standard InChI is InChI=1S/C21H21N5O/c1-2-13-26-19-7-4-3-6-18(19)23-21(26)24-20(27)17-10-8-16(9-11-17)15-25-14-5-12-22-25/h3-12,14H,2,13,15H2,1H3,(H,23,24,27). The molecule has 6 nitrogen and oxygen atoms in total. The predicted octanol–water partition coefficient (Wildman–Crippen LogP) is 3.94. The van der Waals surface area contributed by atoms with Crippen LogP contribution in [0.3, 0.4) is 0 Å². The summed E-state index contributed by atoms with van der Waals surface area (Å²) < 4.78 is 3.90. The number of hydrogen-bond donors (Lipinski definition) is 1. The van der Waals surface area contributed by atoms with E-state index in [1.165, 1.54) is 0 Å². The first-order valence-electron chi connectivity index (χ1n) is 9.07. The van der Waals surface area contributed by atoms with Crippen LogP contribution in [0.5, 0.6) is 0 Å². The molecule has 2 aromatic carbocycles. The lowest BCUT2D eigenvalue weighted by atomic mass is 10.1. The van der Waals surface area contributed by atoms with Crippen LogP contribution in [0.15, 0.2) is 67.0 Å². The number of aromatic nitrogens is 4. The molecular weight excluding hydrogens is 338 g/mol. The van der Waals surface area contributed by atoms with E-state index in [0.29, 0.717) is 18.1 Å². The molecule has 0 bridgehead atoms. The van der Waals surface area contributed by atoms with Crippen molar-refractivity contribution in [2.24, 2.45) is 0 Å². The molecule has 6 heteroatoms. The van der Waals surface area contributed by atoms with Gasteiger partial charge in [-0.05, 0) is 42.3 Å². The van der Waals surface area contributed by atoms with E-state index in [1.54, 1.807) is 6.20 Å². The lowest BCUT2D eigenvalue weighted by molar-refractivity contribution is 0.102. The van der Waals surface area contributed by atoms with Gasteiger partial charge in [0.25, 0.3) is 5.91 Å². The van der Waals surface area contributed by atoms with Crippen LogP contribution in [0.25, 0.3) is 11.0 Å². The van der Waals surface area contributed by atoms with Gasteiger partial charge in [-0.15, -0.1) is 0 Å². The highest BCUT2D eigenvalue weighted by atomic mass is 16.1. The van der Waals surface area contributed by atoms with E-state index < -0.39 is 0 Å². The number of imidazole rings is 1. The SMILES string of the molecule is CCCn1c(NC(=O)c2ccc(Cn3cccn3)cc2)nc2ccccc21. The van der Waals surface area contributed by atoms with Crippen molar-refractivity contribution in [2.45, 2.75) is 26.4 Å². The molecule has 0 saturated heterocycles. The van der Waals surface area contributed by atoms with Crippen LogP contribution < -0.4 is 5.32 Å². The zero-order valence-electron chi connectivity index (χ0n) is 15.2. The summed E-state index contributed by atoms with van der Waals surface area (Å²) in [5, 5.41) is 7.16. The molecule has 0 fully saturated rings. The summed E-state index contributed by atoms with van der Waals surface area (Å²) in [7, 11) is 0. The highest BCUT2D eigenvalue weighted by molar-refractivity contribution is 6.04. The van der Waals surface area contributed by atoms with Gasteiger partial charge in [-0.1, -0.05) is 31.2 Å². The molecule has 2 heterocycles. The van der Waals surface area contributed by atoms with Gasteiger partial charge in [0.15, 0.2) is 0 Å². The topological polar surface area (TPSA) is 64.7 Å². The zero-order valence-corrected chi connectivity index (χ0v) is 15.2. The van der Waals surface area contributed by atoms with Crippen molar-refractivity contribution in [1.29, 1.82) is 0 Å². The summed E-state index contributed by atoms with van der Waals surface area (Å²) in [4.78, 5) is 17.3. The van der Waals surface area contributed by atoms with Gasteiger partial charge in [0.2, 0.25) is 5.95 Å². The fourth-order valence-corrected chi connectivity index (χ4v) is 3.14. The number of amides is 1. The summed E-state index contributed by atoms with van der Waals surface area (Å²) in [6, 6.07) is 17.4. The minimum atomic E-state index is -0.159. The van der Waals surface area contributed by atoms with E-state index in [-0.39, 0.29) is 5.91 Å². The first kappa shape index (κ1) is 17.0. The Morgan fingerprint density at radius 3 is 2.63 bits per heavy atom. The van der Waals surface area contributed by atoms with Crippen LogP contribution in [0, 0.1) is 0 Å². The van der Waals surface area contributed by atoms with E-state index in [2.05, 4.69) is 26.9 Å². The van der Waals surface area contributed by atoms with E-state index >= 15 is 0 Å². The maximum absolute atomic E-state index is 12.7. The summed E-state index contributed by atoms with van der Waals surface area (Å²) in [6.45, 7) is 3.60. The van der Waals surface area contributed by atoms with Gasteiger partial charge >= 0.3 is 0 Å². The number of benzene rings is 2. The number of fused-ring (bicyclic) bond motifs is 1. The number of para-hydroxylation sites is 2. The minimum Gasteiger partial charge on any atom is -0.310 e. The second-order valence-corrected chi connectivity index (χ2v) is 6.43. The van der Waals surface area contributed by atoms with Gasteiger partial charge in [0, 0.05) is 24.5 Å². The molecule has 4 aromatic rings. The second-order valence-electron chi connectivity index (χ2n) is 6.43. The molecule has 4 rings (SSSR count). The Hall–Kier alpha value is -3.41. The molecule has 1 amide bonds. The average Bonchev–Trinajstić information content (AvgIpc) is 3.31. The van der Waals surface area contributed by atoms with Gasteiger partial charge in [-0.3, -0.25) is 14.8 Å². The average molecular weight is 359 g/mol. The summed E-state index contributed by atoms with van der Waals surface area (Å²) in [5.74, 6) is 0.428. The fourth-order valence-electron chi connectivity index (χ4n) is 3.14. The highest BCUT2D eigenvalue weighted by Gasteiger charge is 2.14. The molecule has 0 aliphatic heterocycles. The molecule has 0 atom stereocenters. The van der Waals surface area contributed by atoms with Crippen molar-refractivity contribution in [1.82, 2.24) is 19.3 Å². The number of hydrogen-bond acceptors (Lipinski definition) is 3. The third-order valence-electron chi connectivity index (χ3n) is 4.45. The van der Waals surface area contributed by atoms with Gasteiger partial charge in [0.1, 0.15) is 0 Å². The van der Waals surface area contributed by atoms with Crippen LogP contribution in [-0.4, -0.2) is 25.2 Å². The number of nitrogens with zero attached hydrogens (tertiary/aromatic N) is 4. The van der Waals surface area contributed by atoms with Crippen LogP contribution in [0.2, 0.25) is 0 Å².